The summed E-state index contributed by atoms with van der Waals surface area (Å²) in [6, 6.07) is 12.3. The second-order valence-corrected chi connectivity index (χ2v) is 12.0. The molecule has 0 saturated carbocycles. The molecule has 3 N–H and O–H groups in total. The van der Waals surface area contributed by atoms with E-state index in [1.807, 2.05) is 32.0 Å². The predicted octanol–water partition coefficient (Wildman–Crippen LogP) is 4.29. The van der Waals surface area contributed by atoms with Crippen LogP contribution in [0, 0.1) is 11.8 Å². The van der Waals surface area contributed by atoms with Gasteiger partial charge in [0.25, 0.3) is 0 Å². The number of aliphatic hydroxyl groups is 1. The summed E-state index contributed by atoms with van der Waals surface area (Å²) in [6.07, 6.45) is -3.71. The van der Waals surface area contributed by atoms with Crippen LogP contribution < -0.4 is 5.32 Å². The molecule has 0 aliphatic heterocycles. The van der Waals surface area contributed by atoms with Gasteiger partial charge in [0.15, 0.2) is 0 Å². The summed E-state index contributed by atoms with van der Waals surface area (Å²) in [5.74, 6) is 3.76. The number of sulfonamides is 1. The predicted molar refractivity (Wildman–Crippen MR) is 142 cm³/mol. The number of rotatable bonds is 13. The summed E-state index contributed by atoms with van der Waals surface area (Å²) in [7, 11) is -3.22. The Morgan fingerprint density at radius 2 is 1.79 bits per heavy atom. The molecule has 2 aromatic rings. The number of nitrogens with zero attached hydrogens (tertiary/aromatic N) is 1. The first-order valence-corrected chi connectivity index (χ1v) is 13.9. The minimum atomic E-state index is -4.82. The second-order valence-electron chi connectivity index (χ2n) is 9.98. The Balaban J connectivity index is 2.05. The zero-order valence-corrected chi connectivity index (χ0v) is 23.1. The number of carboxylic acids is 1. The van der Waals surface area contributed by atoms with Gasteiger partial charge in [-0.1, -0.05) is 42.2 Å². The SMILES string of the molecule is CN(CC(O)CNC(C)(C)CCCc1ccccc1)S(=O)(=O)c1cc(C#CCCC(=O)O)cc(C(F)(F)F)c1. The Morgan fingerprint density at radius 3 is 2.41 bits per heavy atom. The van der Waals surface area contributed by atoms with Crippen LogP contribution in [0.1, 0.15) is 56.2 Å². The second kappa shape index (κ2) is 13.9. The number of β-amino-alcohol motifs (C(OH)–C–C–N with tert-alkyl or cyclic N) is 1. The summed E-state index contributed by atoms with van der Waals surface area (Å²) in [6.45, 7) is 3.70. The number of benzene rings is 2. The van der Waals surface area contributed by atoms with Crippen molar-refractivity contribution in [2.75, 3.05) is 20.1 Å². The van der Waals surface area contributed by atoms with Crippen molar-refractivity contribution < 1.29 is 36.6 Å². The zero-order valence-electron chi connectivity index (χ0n) is 22.3. The van der Waals surface area contributed by atoms with Gasteiger partial charge >= 0.3 is 12.1 Å². The third-order valence-corrected chi connectivity index (χ3v) is 7.83. The Morgan fingerprint density at radius 1 is 1.13 bits per heavy atom. The molecule has 0 aliphatic rings. The first-order chi connectivity index (χ1) is 18.1. The van der Waals surface area contributed by atoms with E-state index >= 15 is 0 Å². The number of aryl methyl sites for hydroxylation is 1. The van der Waals surface area contributed by atoms with Crippen LogP contribution in [0.2, 0.25) is 0 Å². The fourth-order valence-electron chi connectivity index (χ4n) is 3.82. The average Bonchev–Trinajstić information content (AvgIpc) is 2.85. The van der Waals surface area contributed by atoms with Crippen molar-refractivity contribution in [1.82, 2.24) is 9.62 Å². The Hall–Kier alpha value is -2.91. The van der Waals surface area contributed by atoms with Crippen LogP contribution in [-0.4, -0.2) is 60.7 Å². The highest BCUT2D eigenvalue weighted by Gasteiger charge is 2.33. The lowest BCUT2D eigenvalue weighted by molar-refractivity contribution is -0.138. The number of carboxylic acid groups (broad SMARTS) is 1. The van der Waals surface area contributed by atoms with Crippen LogP contribution in [0.15, 0.2) is 53.4 Å². The molecule has 7 nitrogen and oxygen atoms in total. The van der Waals surface area contributed by atoms with E-state index in [1.165, 1.54) is 12.6 Å². The minimum absolute atomic E-state index is 0.0844. The van der Waals surface area contributed by atoms with Gasteiger partial charge < -0.3 is 15.5 Å². The van der Waals surface area contributed by atoms with Gasteiger partial charge in [0.05, 0.1) is 23.0 Å². The fourth-order valence-corrected chi connectivity index (χ4v) is 5.10. The number of hydrogen-bond acceptors (Lipinski definition) is 5. The maximum atomic E-state index is 13.5. The maximum absolute atomic E-state index is 13.5. The third-order valence-electron chi connectivity index (χ3n) is 6.03. The summed E-state index contributed by atoms with van der Waals surface area (Å²) < 4.78 is 67.4. The highest BCUT2D eigenvalue weighted by Crippen LogP contribution is 2.32. The molecule has 2 aromatic carbocycles. The molecule has 0 bridgehead atoms. The quantitative estimate of drug-likeness (QED) is 0.311. The molecule has 1 unspecified atom stereocenters. The van der Waals surface area contributed by atoms with E-state index in [0.717, 1.165) is 29.6 Å². The molecular weight excluding hydrogens is 533 g/mol. The van der Waals surface area contributed by atoms with Crippen LogP contribution in [0.5, 0.6) is 0 Å². The van der Waals surface area contributed by atoms with Gasteiger partial charge in [0, 0.05) is 37.7 Å². The Bertz CT molecular complexity index is 1270. The summed E-state index contributed by atoms with van der Waals surface area (Å²) in [5, 5.41) is 22.4. The smallest absolute Gasteiger partial charge is 0.416 e. The molecule has 2 rings (SSSR count). The highest BCUT2D eigenvalue weighted by atomic mass is 32.2. The normalized spacial score (nSPS) is 13.1. The Labute approximate surface area is 228 Å². The lowest BCUT2D eigenvalue weighted by Crippen LogP contribution is -2.46. The number of carbonyl (C=O) groups is 1. The van der Waals surface area contributed by atoms with E-state index in [0.29, 0.717) is 12.1 Å². The number of halogens is 3. The van der Waals surface area contributed by atoms with Gasteiger partial charge in [-0.05, 0) is 56.9 Å². The largest absolute Gasteiger partial charge is 0.481 e. The molecule has 39 heavy (non-hydrogen) atoms. The number of hydrogen-bond donors (Lipinski definition) is 3. The first kappa shape index (κ1) is 32.3. The van der Waals surface area contributed by atoms with Crippen LogP contribution in [-0.2, 0) is 27.4 Å². The molecule has 0 aromatic heterocycles. The van der Waals surface area contributed by atoms with E-state index in [9.17, 15) is 31.5 Å². The summed E-state index contributed by atoms with van der Waals surface area (Å²) in [4.78, 5) is 10.00. The number of nitrogens with one attached hydrogen (secondary N) is 1. The molecule has 0 aliphatic carbocycles. The molecule has 11 heteroatoms. The van der Waals surface area contributed by atoms with Crippen molar-refractivity contribution in [3.8, 4) is 11.8 Å². The van der Waals surface area contributed by atoms with Crippen LogP contribution in [0.3, 0.4) is 0 Å². The zero-order chi connectivity index (χ0) is 29.3. The van der Waals surface area contributed by atoms with Gasteiger partial charge in [-0.15, -0.1) is 0 Å². The van der Waals surface area contributed by atoms with Crippen molar-refractivity contribution in [1.29, 1.82) is 0 Å². The van der Waals surface area contributed by atoms with Gasteiger partial charge in [-0.2, -0.15) is 17.5 Å². The molecular formula is C28H35F3N2O5S. The molecule has 0 heterocycles. The van der Waals surface area contributed by atoms with Gasteiger partial charge in [-0.3, -0.25) is 4.79 Å². The van der Waals surface area contributed by atoms with E-state index in [-0.39, 0.29) is 37.0 Å². The van der Waals surface area contributed by atoms with E-state index in [2.05, 4.69) is 29.3 Å². The van der Waals surface area contributed by atoms with Gasteiger partial charge in [-0.25, -0.2) is 8.42 Å². The average molecular weight is 569 g/mol. The lowest BCUT2D eigenvalue weighted by Gasteiger charge is -2.29. The van der Waals surface area contributed by atoms with Crippen LogP contribution >= 0.6 is 0 Å². The standard InChI is InChI=1S/C28H35F3N2O5S/c1-27(2,15-9-13-21-10-5-4-6-11-21)32-19-24(34)20-33(3)39(37,38)25-17-22(12-7-8-14-26(35)36)16-23(18-25)28(29,30)31/h4-6,10-11,16-18,24,32,34H,8-9,13-15,19-20H2,1-3H3,(H,35,36). The molecule has 0 spiro atoms. The highest BCUT2D eigenvalue weighted by molar-refractivity contribution is 7.89. The van der Waals surface area contributed by atoms with Gasteiger partial charge in [0.1, 0.15) is 0 Å². The molecule has 0 fully saturated rings. The molecule has 0 radical (unpaired) electrons. The van der Waals surface area contributed by atoms with Crippen LogP contribution in [0.25, 0.3) is 0 Å². The monoisotopic (exact) mass is 568 g/mol. The van der Waals surface area contributed by atoms with Crippen molar-refractivity contribution in [2.45, 2.75) is 68.7 Å². The van der Waals surface area contributed by atoms with E-state index in [4.69, 9.17) is 5.11 Å². The Kier molecular flexibility index (Phi) is 11.5. The van der Waals surface area contributed by atoms with Crippen molar-refractivity contribution in [3.05, 3.63) is 65.2 Å². The summed E-state index contributed by atoms with van der Waals surface area (Å²) in [5.41, 5.74) is -0.507. The molecule has 0 amide bonds. The number of likely N-dealkylation sites (N-methyl/N-ethyl adjacent to an activating group) is 1. The fraction of sp³-hybridized carbons (Fsp3) is 0.464. The number of aliphatic hydroxyl groups excluding tert-OH is 1. The molecule has 0 saturated heterocycles. The van der Waals surface area contributed by atoms with Gasteiger partial charge in [0.2, 0.25) is 10.0 Å². The van der Waals surface area contributed by atoms with Crippen molar-refractivity contribution in [3.63, 3.8) is 0 Å². The topological polar surface area (TPSA) is 107 Å². The van der Waals surface area contributed by atoms with Crippen molar-refractivity contribution >= 4 is 16.0 Å². The summed E-state index contributed by atoms with van der Waals surface area (Å²) >= 11 is 0. The van der Waals surface area contributed by atoms with Crippen LogP contribution in [0.4, 0.5) is 13.2 Å². The number of aliphatic carboxylic acids is 1. The van der Waals surface area contributed by atoms with Crippen molar-refractivity contribution in [2.24, 2.45) is 0 Å². The minimum Gasteiger partial charge on any atom is -0.481 e. The van der Waals surface area contributed by atoms with E-state index in [1.54, 1.807) is 0 Å². The molecule has 1 atom stereocenters. The first-order valence-electron chi connectivity index (χ1n) is 12.5. The lowest BCUT2D eigenvalue weighted by atomic mass is 9.95. The molecule has 214 valence electrons. The third kappa shape index (κ3) is 11.0. The number of alkyl halides is 3. The van der Waals surface area contributed by atoms with E-state index < -0.39 is 38.7 Å². The maximum Gasteiger partial charge on any atom is 0.416 e.